The molecule has 4 heteroatoms. The summed E-state index contributed by atoms with van der Waals surface area (Å²) < 4.78 is 0. The molecule has 0 aliphatic rings. The zero-order chi connectivity index (χ0) is 11.1. The summed E-state index contributed by atoms with van der Waals surface area (Å²) in [4.78, 5) is 0. The van der Waals surface area contributed by atoms with E-state index in [-0.39, 0.29) is 8.31 Å². The molecule has 0 bridgehead atoms. The lowest BCUT2D eigenvalue weighted by Gasteiger charge is -2.50. The maximum absolute atomic E-state index is 2.75. The zero-order valence-corrected chi connectivity index (χ0v) is 15.2. The quantitative estimate of drug-likeness (QED) is 0.671. The molecule has 0 atom stereocenters. The van der Waals surface area contributed by atoms with Crippen LogP contribution in [0.2, 0.25) is 58.9 Å². The van der Waals surface area contributed by atoms with Gasteiger partial charge < -0.3 is 0 Å². The lowest BCUT2D eigenvalue weighted by atomic mass is 11.8. The Balaban J connectivity index is 5.22. The summed E-state index contributed by atoms with van der Waals surface area (Å²) >= 11 is 0. The van der Waals surface area contributed by atoms with Crippen LogP contribution in [0.1, 0.15) is 0 Å². The molecule has 0 aliphatic heterocycles. The predicted octanol–water partition coefficient (Wildman–Crippen LogP) is 3.46. The van der Waals surface area contributed by atoms with Crippen molar-refractivity contribution in [1.82, 2.24) is 0 Å². The van der Waals surface area contributed by atoms with Crippen molar-refractivity contribution >= 4 is 30.1 Å². The van der Waals surface area contributed by atoms with Crippen LogP contribution in [0, 0.1) is 0 Å². The third kappa shape index (κ3) is 2.46. The molecule has 0 N–H and O–H groups in total. The Morgan fingerprint density at radius 2 is 0.846 bits per heavy atom. The summed E-state index contributed by atoms with van der Waals surface area (Å²) in [5.41, 5.74) is 0. The van der Waals surface area contributed by atoms with E-state index >= 15 is 0 Å². The number of hydrogen-bond acceptors (Lipinski definition) is 0. The average Bonchev–Trinajstić information content (AvgIpc) is 1.80. The molecular weight excluding hydrogens is 220 g/mol. The van der Waals surface area contributed by atoms with Crippen LogP contribution in [0.15, 0.2) is 0 Å². The van der Waals surface area contributed by atoms with E-state index in [4.69, 9.17) is 0 Å². The van der Waals surface area contributed by atoms with E-state index in [0.29, 0.717) is 0 Å². The smallest absolute Gasteiger partial charge is 0.0331 e. The summed E-state index contributed by atoms with van der Waals surface area (Å²) in [5, 5.41) is 0. The number of rotatable bonds is 3. The maximum Gasteiger partial charge on any atom is 0.0331 e. The van der Waals surface area contributed by atoms with E-state index in [1.807, 2.05) is 0 Å². The van der Waals surface area contributed by atoms with Gasteiger partial charge in [0.05, 0.1) is 0 Å². The van der Waals surface area contributed by atoms with Crippen molar-refractivity contribution in [3.63, 3.8) is 0 Å². The molecule has 0 aliphatic carbocycles. The molecule has 0 rings (SSSR count). The van der Waals surface area contributed by atoms with E-state index in [1.165, 1.54) is 0 Å². The SMILES string of the molecule is C[SiH](C)[Si](C)([Si](C)(C)C)[Si](C)(C)C. The van der Waals surface area contributed by atoms with Crippen LogP contribution in [0.5, 0.6) is 0 Å². The van der Waals surface area contributed by atoms with Gasteiger partial charge in [0.1, 0.15) is 0 Å². The zero-order valence-electron chi connectivity index (χ0n) is 11.1. The lowest BCUT2D eigenvalue weighted by Crippen LogP contribution is -2.76. The van der Waals surface area contributed by atoms with Gasteiger partial charge in [-0.3, -0.25) is 0 Å². The highest BCUT2D eigenvalue weighted by atomic mass is 29.9. The van der Waals surface area contributed by atoms with Gasteiger partial charge in [-0.25, -0.2) is 0 Å². The molecule has 80 valence electrons. The average molecular weight is 249 g/mol. The van der Waals surface area contributed by atoms with Crippen LogP contribution >= 0.6 is 0 Å². The minimum Gasteiger partial charge on any atom is -0.0749 e. The van der Waals surface area contributed by atoms with Crippen LogP contribution in [-0.2, 0) is 0 Å². The first-order valence-corrected chi connectivity index (χ1v) is 21.1. The predicted molar refractivity (Wildman–Crippen MR) is 77.2 cm³/mol. The Labute approximate surface area is 89.1 Å². The molecule has 0 fully saturated rings. The van der Waals surface area contributed by atoms with Crippen LogP contribution < -0.4 is 0 Å². The van der Waals surface area contributed by atoms with Crippen LogP contribution in [-0.4, -0.2) is 30.1 Å². The summed E-state index contributed by atoms with van der Waals surface area (Å²) in [6.07, 6.45) is 0. The van der Waals surface area contributed by atoms with Crippen molar-refractivity contribution in [2.45, 2.75) is 58.9 Å². The first-order valence-electron chi connectivity index (χ1n) is 5.44. The summed E-state index contributed by atoms with van der Waals surface area (Å²) in [5.74, 6) is 0. The Morgan fingerprint density at radius 1 is 0.615 bits per heavy atom. The first kappa shape index (κ1) is 13.9. The van der Waals surface area contributed by atoms with Crippen LogP contribution in [0.3, 0.4) is 0 Å². The Morgan fingerprint density at radius 3 is 0.846 bits per heavy atom. The van der Waals surface area contributed by atoms with Gasteiger partial charge in [-0.1, -0.05) is 58.9 Å². The van der Waals surface area contributed by atoms with Gasteiger partial charge in [0, 0.05) is 30.1 Å². The topological polar surface area (TPSA) is 0 Å². The van der Waals surface area contributed by atoms with Gasteiger partial charge in [0.15, 0.2) is 0 Å². The second kappa shape index (κ2) is 3.79. The van der Waals surface area contributed by atoms with Gasteiger partial charge in [0.25, 0.3) is 0 Å². The lowest BCUT2D eigenvalue weighted by molar-refractivity contribution is 1.75. The van der Waals surface area contributed by atoms with Crippen molar-refractivity contribution in [3.8, 4) is 0 Å². The standard InChI is InChI=1S/C9H28Si4/c1-10(2)13(9,11(3,4)5)12(6,7)8/h10H,1-9H3. The highest BCUT2D eigenvalue weighted by Crippen LogP contribution is 2.30. The third-order valence-corrected chi connectivity index (χ3v) is 77.9. The van der Waals surface area contributed by atoms with E-state index in [0.717, 1.165) is 0 Å². The normalized spacial score (nSPS) is 15.2. The molecule has 0 radical (unpaired) electrons. The molecule has 0 aromatic heterocycles. The molecule has 0 amide bonds. The number of hydrogen-bond donors (Lipinski definition) is 0. The molecule has 0 spiro atoms. The fourth-order valence-corrected chi connectivity index (χ4v) is 77.1. The minimum atomic E-state index is -0.847. The molecule has 0 aromatic carbocycles. The van der Waals surface area contributed by atoms with E-state index in [1.54, 1.807) is 0 Å². The van der Waals surface area contributed by atoms with E-state index in [2.05, 4.69) is 58.9 Å². The van der Waals surface area contributed by atoms with Gasteiger partial charge in [-0.05, 0) is 0 Å². The van der Waals surface area contributed by atoms with Crippen molar-refractivity contribution < 1.29 is 0 Å². The molecule has 0 aromatic rings. The molecule has 0 saturated heterocycles. The van der Waals surface area contributed by atoms with Crippen molar-refractivity contribution in [1.29, 1.82) is 0 Å². The summed E-state index contributed by atoms with van der Waals surface area (Å²) in [6, 6.07) is 0. The van der Waals surface area contributed by atoms with Gasteiger partial charge in [-0.15, -0.1) is 0 Å². The summed E-state index contributed by atoms with van der Waals surface area (Å²) in [7, 11) is -2.08. The molecule has 13 heavy (non-hydrogen) atoms. The molecular formula is C9H28Si4. The van der Waals surface area contributed by atoms with Crippen molar-refractivity contribution in [2.75, 3.05) is 0 Å². The van der Waals surface area contributed by atoms with E-state index in [9.17, 15) is 0 Å². The Bertz CT molecular complexity index is 159. The van der Waals surface area contributed by atoms with Gasteiger partial charge in [-0.2, -0.15) is 0 Å². The highest BCUT2D eigenvalue weighted by Gasteiger charge is 2.52. The minimum absolute atomic E-state index is 0.388. The highest BCUT2D eigenvalue weighted by molar-refractivity contribution is 7.86. The largest absolute Gasteiger partial charge is 0.0749 e. The van der Waals surface area contributed by atoms with Gasteiger partial charge >= 0.3 is 0 Å². The fourth-order valence-electron chi connectivity index (χ4n) is 2.86. The van der Waals surface area contributed by atoms with E-state index < -0.39 is 21.8 Å². The molecule has 0 nitrogen and oxygen atoms in total. The van der Waals surface area contributed by atoms with Crippen molar-refractivity contribution in [3.05, 3.63) is 0 Å². The van der Waals surface area contributed by atoms with Crippen LogP contribution in [0.4, 0.5) is 0 Å². The summed E-state index contributed by atoms with van der Waals surface area (Å²) in [6.45, 7) is 22.9. The second-order valence-electron chi connectivity index (χ2n) is 6.86. The van der Waals surface area contributed by atoms with Crippen LogP contribution in [0.25, 0.3) is 0 Å². The van der Waals surface area contributed by atoms with Gasteiger partial charge in [0.2, 0.25) is 0 Å². The molecule has 0 unspecified atom stereocenters. The Hall–Kier alpha value is 0.868. The monoisotopic (exact) mass is 248 g/mol. The Kier molecular flexibility index (Phi) is 4.04. The van der Waals surface area contributed by atoms with Crippen molar-refractivity contribution in [2.24, 2.45) is 0 Å². The second-order valence-corrected chi connectivity index (χ2v) is 47.7. The fraction of sp³-hybridized carbons (Fsp3) is 1.00. The first-order chi connectivity index (χ1) is 5.44. The molecule has 0 saturated carbocycles. The third-order valence-electron chi connectivity index (χ3n) is 4.27. The maximum atomic E-state index is 2.75. The molecule has 0 heterocycles.